The fourth-order valence-electron chi connectivity index (χ4n) is 1.96. The van der Waals surface area contributed by atoms with Crippen LogP contribution in [-0.2, 0) is 0 Å². The van der Waals surface area contributed by atoms with Gasteiger partial charge in [-0.2, -0.15) is 4.98 Å². The molecular weight excluding hydrogens is 304 g/mol. The molecule has 2 heterocycles. The van der Waals surface area contributed by atoms with E-state index in [-0.39, 0.29) is 0 Å². The van der Waals surface area contributed by atoms with Crippen LogP contribution in [0.4, 0.5) is 17.5 Å². The Hall–Kier alpha value is -1.85. The highest BCUT2D eigenvalue weighted by molar-refractivity contribution is 7.16. The summed E-state index contributed by atoms with van der Waals surface area (Å²) in [4.78, 5) is 10.0. The van der Waals surface area contributed by atoms with Crippen LogP contribution < -0.4 is 10.6 Å². The van der Waals surface area contributed by atoms with Gasteiger partial charge in [-0.1, -0.05) is 30.7 Å². The molecule has 1 aromatic carbocycles. The van der Waals surface area contributed by atoms with Crippen molar-refractivity contribution < 1.29 is 0 Å². The number of rotatable bonds is 5. The van der Waals surface area contributed by atoms with Gasteiger partial charge in [0.1, 0.15) is 10.6 Å². The molecule has 0 aliphatic heterocycles. The second-order valence-electron chi connectivity index (χ2n) is 4.57. The van der Waals surface area contributed by atoms with Crippen LogP contribution in [0.15, 0.2) is 35.7 Å². The van der Waals surface area contributed by atoms with Gasteiger partial charge >= 0.3 is 0 Å². The minimum atomic E-state index is 0.640. The maximum absolute atomic E-state index is 6.20. The second kappa shape index (κ2) is 6.28. The van der Waals surface area contributed by atoms with Gasteiger partial charge in [0.25, 0.3) is 0 Å². The Morgan fingerprint density at radius 1 is 1.19 bits per heavy atom. The molecule has 0 saturated heterocycles. The van der Waals surface area contributed by atoms with Crippen molar-refractivity contribution in [1.29, 1.82) is 0 Å². The number of thiophene rings is 1. The molecule has 0 saturated carbocycles. The maximum Gasteiger partial charge on any atom is 0.226 e. The molecule has 0 spiro atoms. The molecule has 0 aliphatic carbocycles. The lowest BCUT2D eigenvalue weighted by atomic mass is 10.3. The molecular formula is C15H15ClN4S. The molecule has 3 aromatic rings. The number of hydrogen-bond donors (Lipinski definition) is 2. The van der Waals surface area contributed by atoms with Crippen molar-refractivity contribution in [2.24, 2.45) is 0 Å². The SMILES string of the molecule is CCCNc1nc(Nc2ccccc2Cl)c2ccsc2n1. The van der Waals surface area contributed by atoms with Crippen molar-refractivity contribution in [3.05, 3.63) is 40.7 Å². The van der Waals surface area contributed by atoms with E-state index in [1.807, 2.05) is 35.7 Å². The van der Waals surface area contributed by atoms with Crippen LogP contribution in [0.2, 0.25) is 5.02 Å². The third-order valence-corrected chi connectivity index (χ3v) is 4.12. The summed E-state index contributed by atoms with van der Waals surface area (Å²) < 4.78 is 0. The zero-order valence-corrected chi connectivity index (χ0v) is 13.1. The van der Waals surface area contributed by atoms with E-state index in [1.165, 1.54) is 0 Å². The Kier molecular flexibility index (Phi) is 4.22. The standard InChI is InChI=1S/C15H15ClN4S/c1-2-8-17-15-19-13(10-7-9-21-14(10)20-15)18-12-6-4-3-5-11(12)16/h3-7,9H,2,8H2,1H3,(H2,17,18,19,20). The fourth-order valence-corrected chi connectivity index (χ4v) is 2.90. The van der Waals surface area contributed by atoms with Gasteiger partial charge in [-0.15, -0.1) is 11.3 Å². The quantitative estimate of drug-likeness (QED) is 0.701. The first-order valence-electron chi connectivity index (χ1n) is 6.78. The summed E-state index contributed by atoms with van der Waals surface area (Å²) in [6.45, 7) is 2.96. The molecule has 0 amide bonds. The minimum absolute atomic E-state index is 0.640. The van der Waals surface area contributed by atoms with Crippen molar-refractivity contribution in [2.45, 2.75) is 13.3 Å². The topological polar surface area (TPSA) is 49.8 Å². The summed E-state index contributed by atoms with van der Waals surface area (Å²) in [6, 6.07) is 9.65. The average Bonchev–Trinajstić information content (AvgIpc) is 2.96. The molecule has 6 heteroatoms. The van der Waals surface area contributed by atoms with Gasteiger partial charge in [-0.3, -0.25) is 0 Å². The number of hydrogen-bond acceptors (Lipinski definition) is 5. The van der Waals surface area contributed by atoms with Crippen LogP contribution in [0, 0.1) is 0 Å². The van der Waals surface area contributed by atoms with Gasteiger partial charge in [0.2, 0.25) is 5.95 Å². The van der Waals surface area contributed by atoms with Crippen LogP contribution in [-0.4, -0.2) is 16.5 Å². The van der Waals surface area contributed by atoms with E-state index in [1.54, 1.807) is 11.3 Å². The van der Waals surface area contributed by atoms with Crippen molar-refractivity contribution in [3.63, 3.8) is 0 Å². The van der Waals surface area contributed by atoms with Gasteiger partial charge in [-0.25, -0.2) is 4.98 Å². The van der Waals surface area contributed by atoms with E-state index in [9.17, 15) is 0 Å². The molecule has 4 nitrogen and oxygen atoms in total. The normalized spacial score (nSPS) is 10.8. The predicted octanol–water partition coefficient (Wildman–Crippen LogP) is 4.91. The Labute approximate surface area is 132 Å². The molecule has 2 aromatic heterocycles. The molecule has 0 fully saturated rings. The van der Waals surface area contributed by atoms with E-state index in [0.717, 1.165) is 34.7 Å². The van der Waals surface area contributed by atoms with E-state index < -0.39 is 0 Å². The van der Waals surface area contributed by atoms with Gasteiger partial charge in [0.05, 0.1) is 16.1 Å². The molecule has 0 atom stereocenters. The number of para-hydroxylation sites is 1. The first-order chi connectivity index (χ1) is 10.3. The van der Waals surface area contributed by atoms with E-state index >= 15 is 0 Å². The lowest BCUT2D eigenvalue weighted by molar-refractivity contribution is 0.958. The zero-order chi connectivity index (χ0) is 14.7. The van der Waals surface area contributed by atoms with Gasteiger partial charge in [0.15, 0.2) is 0 Å². The minimum Gasteiger partial charge on any atom is -0.354 e. The average molecular weight is 319 g/mol. The Morgan fingerprint density at radius 2 is 2.05 bits per heavy atom. The molecule has 3 rings (SSSR count). The highest BCUT2D eigenvalue weighted by atomic mass is 35.5. The summed E-state index contributed by atoms with van der Waals surface area (Å²) in [5.41, 5.74) is 0.840. The molecule has 108 valence electrons. The zero-order valence-electron chi connectivity index (χ0n) is 11.6. The molecule has 0 radical (unpaired) electrons. The Morgan fingerprint density at radius 3 is 2.86 bits per heavy atom. The smallest absolute Gasteiger partial charge is 0.226 e. The van der Waals surface area contributed by atoms with Crippen molar-refractivity contribution >= 4 is 50.6 Å². The highest BCUT2D eigenvalue weighted by Gasteiger charge is 2.10. The highest BCUT2D eigenvalue weighted by Crippen LogP contribution is 2.31. The van der Waals surface area contributed by atoms with Crippen molar-refractivity contribution in [1.82, 2.24) is 9.97 Å². The van der Waals surface area contributed by atoms with Gasteiger partial charge in [-0.05, 0) is 30.0 Å². The number of benzene rings is 1. The number of nitrogens with one attached hydrogen (secondary N) is 2. The number of fused-ring (bicyclic) bond motifs is 1. The first kappa shape index (κ1) is 14.1. The summed E-state index contributed by atoms with van der Waals surface area (Å²) in [6.07, 6.45) is 1.03. The third-order valence-electron chi connectivity index (χ3n) is 2.99. The van der Waals surface area contributed by atoms with E-state index in [0.29, 0.717) is 11.0 Å². The van der Waals surface area contributed by atoms with Crippen molar-refractivity contribution in [2.75, 3.05) is 17.2 Å². The predicted molar refractivity (Wildman–Crippen MR) is 90.9 cm³/mol. The summed E-state index contributed by atoms with van der Waals surface area (Å²) >= 11 is 7.80. The Bertz CT molecular complexity index is 756. The van der Waals surface area contributed by atoms with Crippen molar-refractivity contribution in [3.8, 4) is 0 Å². The lowest BCUT2D eigenvalue weighted by Gasteiger charge is -2.10. The molecule has 2 N–H and O–H groups in total. The first-order valence-corrected chi connectivity index (χ1v) is 8.04. The monoisotopic (exact) mass is 318 g/mol. The van der Waals surface area contributed by atoms with Crippen LogP contribution in [0.1, 0.15) is 13.3 Å². The second-order valence-corrected chi connectivity index (χ2v) is 5.87. The Balaban J connectivity index is 2.00. The summed E-state index contributed by atoms with van der Waals surface area (Å²) in [5.74, 6) is 1.41. The number of aromatic nitrogens is 2. The van der Waals surface area contributed by atoms with Gasteiger partial charge in [0, 0.05) is 6.54 Å². The van der Waals surface area contributed by atoms with Crippen LogP contribution in [0.5, 0.6) is 0 Å². The summed E-state index contributed by atoms with van der Waals surface area (Å²) in [7, 11) is 0. The molecule has 0 unspecified atom stereocenters. The van der Waals surface area contributed by atoms with E-state index in [2.05, 4.69) is 27.5 Å². The molecule has 0 aliphatic rings. The lowest BCUT2D eigenvalue weighted by Crippen LogP contribution is -2.06. The number of halogens is 1. The summed E-state index contributed by atoms with van der Waals surface area (Å²) in [5, 5.41) is 10.2. The fraction of sp³-hybridized carbons (Fsp3) is 0.200. The largest absolute Gasteiger partial charge is 0.354 e. The van der Waals surface area contributed by atoms with Gasteiger partial charge < -0.3 is 10.6 Å². The molecule has 21 heavy (non-hydrogen) atoms. The van der Waals surface area contributed by atoms with Crippen LogP contribution in [0.3, 0.4) is 0 Å². The van der Waals surface area contributed by atoms with E-state index in [4.69, 9.17) is 11.6 Å². The van der Waals surface area contributed by atoms with Crippen LogP contribution in [0.25, 0.3) is 10.2 Å². The maximum atomic E-state index is 6.20. The van der Waals surface area contributed by atoms with Crippen LogP contribution >= 0.6 is 22.9 Å². The molecule has 0 bridgehead atoms. The number of nitrogens with zero attached hydrogens (tertiary/aromatic N) is 2. The number of anilines is 3. The third kappa shape index (κ3) is 3.09.